The summed E-state index contributed by atoms with van der Waals surface area (Å²) in [6.45, 7) is 0. The van der Waals surface area contributed by atoms with Crippen LogP contribution >= 0.6 is 0 Å². The van der Waals surface area contributed by atoms with Gasteiger partial charge in [0.15, 0.2) is 0 Å². The molecule has 0 atom stereocenters. The standard InChI is InChI=1S/C9H8N2.C/c1-2-6-9-8(4-1)5-3-7-10-11-9;/h1-7,11H;. The molecule has 58 valence electrons. The van der Waals surface area contributed by atoms with E-state index in [9.17, 15) is 0 Å². The highest BCUT2D eigenvalue weighted by atomic mass is 15.3. The molecule has 0 unspecified atom stereocenters. The van der Waals surface area contributed by atoms with E-state index in [0.29, 0.717) is 0 Å². The van der Waals surface area contributed by atoms with Crippen molar-refractivity contribution >= 4 is 18.0 Å². The van der Waals surface area contributed by atoms with Gasteiger partial charge in [-0.05, 0) is 17.7 Å². The summed E-state index contributed by atoms with van der Waals surface area (Å²) in [5.74, 6) is 0. The first-order valence-corrected chi connectivity index (χ1v) is 3.51. The normalized spacial score (nSPS) is 12.3. The Labute approximate surface area is 72.6 Å². The molecule has 1 aliphatic heterocycles. The zero-order chi connectivity index (χ0) is 7.52. The van der Waals surface area contributed by atoms with Crippen molar-refractivity contribution in [3.63, 3.8) is 0 Å². The van der Waals surface area contributed by atoms with Crippen LogP contribution in [0, 0.1) is 7.43 Å². The van der Waals surface area contributed by atoms with Crippen molar-refractivity contribution in [1.29, 1.82) is 0 Å². The van der Waals surface area contributed by atoms with Crippen molar-refractivity contribution in [3.05, 3.63) is 43.3 Å². The van der Waals surface area contributed by atoms with Gasteiger partial charge in [0.25, 0.3) is 0 Å². The Bertz CT molecular complexity index is 313. The minimum absolute atomic E-state index is 0. The molecule has 12 heavy (non-hydrogen) atoms. The number of rotatable bonds is 0. The SMILES string of the molecule is C1=Cc2ccccc2NN=C1.[C]. The van der Waals surface area contributed by atoms with Gasteiger partial charge in [0.2, 0.25) is 0 Å². The first kappa shape index (κ1) is 8.53. The molecule has 1 N–H and O–H groups in total. The van der Waals surface area contributed by atoms with Gasteiger partial charge in [-0.25, -0.2) is 0 Å². The number of hydrogen-bond acceptors (Lipinski definition) is 2. The van der Waals surface area contributed by atoms with E-state index in [0.717, 1.165) is 5.69 Å². The van der Waals surface area contributed by atoms with E-state index < -0.39 is 0 Å². The number of hydrazone groups is 1. The summed E-state index contributed by atoms with van der Waals surface area (Å²) in [4.78, 5) is 0. The first-order chi connectivity index (χ1) is 5.47. The second-order valence-corrected chi connectivity index (χ2v) is 2.34. The van der Waals surface area contributed by atoms with E-state index in [2.05, 4.69) is 10.5 Å². The smallest absolute Gasteiger partial charge is 0.0634 e. The third-order valence-corrected chi connectivity index (χ3v) is 1.58. The quantitative estimate of drug-likeness (QED) is 0.611. The predicted molar refractivity (Wildman–Crippen MR) is 50.8 cm³/mol. The van der Waals surface area contributed by atoms with Crippen LogP contribution in [0.4, 0.5) is 5.69 Å². The Balaban J connectivity index is 0.000000720. The van der Waals surface area contributed by atoms with Crippen LogP contribution in [-0.2, 0) is 0 Å². The molecule has 1 aliphatic rings. The van der Waals surface area contributed by atoms with Gasteiger partial charge in [-0.3, -0.25) is 5.43 Å². The van der Waals surface area contributed by atoms with Crippen LogP contribution in [0.15, 0.2) is 35.4 Å². The van der Waals surface area contributed by atoms with Gasteiger partial charge >= 0.3 is 0 Å². The van der Waals surface area contributed by atoms with Crippen LogP contribution in [0.5, 0.6) is 0 Å². The summed E-state index contributed by atoms with van der Waals surface area (Å²) in [6, 6.07) is 8.05. The van der Waals surface area contributed by atoms with Gasteiger partial charge in [-0.1, -0.05) is 24.3 Å². The third kappa shape index (κ3) is 1.53. The van der Waals surface area contributed by atoms with Gasteiger partial charge in [-0.15, -0.1) is 0 Å². The van der Waals surface area contributed by atoms with Crippen molar-refractivity contribution in [3.8, 4) is 0 Å². The Kier molecular flexibility index (Phi) is 2.64. The van der Waals surface area contributed by atoms with Crippen LogP contribution in [0.3, 0.4) is 0 Å². The molecule has 0 saturated carbocycles. The molecule has 4 radical (unpaired) electrons. The average Bonchev–Trinajstić information content (AvgIpc) is 2.28. The lowest BCUT2D eigenvalue weighted by Gasteiger charge is -2.00. The van der Waals surface area contributed by atoms with E-state index in [1.807, 2.05) is 36.4 Å². The number of anilines is 1. The maximum absolute atomic E-state index is 3.95. The molecule has 2 rings (SSSR count). The number of nitrogens with one attached hydrogen (secondary N) is 1. The molecule has 1 aromatic rings. The van der Waals surface area contributed by atoms with Crippen molar-refractivity contribution in [2.75, 3.05) is 5.43 Å². The molecular weight excluding hydrogens is 148 g/mol. The summed E-state index contributed by atoms with van der Waals surface area (Å²) in [6.07, 6.45) is 5.68. The van der Waals surface area contributed by atoms with Crippen molar-refractivity contribution in [1.82, 2.24) is 0 Å². The highest BCUT2D eigenvalue weighted by Crippen LogP contribution is 2.17. The topological polar surface area (TPSA) is 24.4 Å². The van der Waals surface area contributed by atoms with E-state index in [4.69, 9.17) is 0 Å². The van der Waals surface area contributed by atoms with Crippen LogP contribution < -0.4 is 5.43 Å². The number of para-hydroxylation sites is 1. The summed E-state index contributed by atoms with van der Waals surface area (Å²) in [7, 11) is 0. The monoisotopic (exact) mass is 156 g/mol. The molecule has 0 aromatic heterocycles. The largest absolute Gasteiger partial charge is 0.278 e. The van der Waals surface area contributed by atoms with Gasteiger partial charge in [0.1, 0.15) is 0 Å². The van der Waals surface area contributed by atoms with Gasteiger partial charge in [-0.2, -0.15) is 5.10 Å². The van der Waals surface area contributed by atoms with Gasteiger partial charge in [0.05, 0.1) is 5.69 Å². The fourth-order valence-electron chi connectivity index (χ4n) is 1.04. The summed E-state index contributed by atoms with van der Waals surface area (Å²) >= 11 is 0. The molecule has 0 saturated heterocycles. The number of hydrogen-bond donors (Lipinski definition) is 1. The number of nitrogens with zero attached hydrogens (tertiary/aromatic N) is 1. The van der Waals surface area contributed by atoms with E-state index in [1.165, 1.54) is 5.56 Å². The molecule has 2 nitrogen and oxygen atoms in total. The summed E-state index contributed by atoms with van der Waals surface area (Å²) in [5.41, 5.74) is 5.16. The minimum atomic E-state index is 0. The van der Waals surface area contributed by atoms with Crippen LogP contribution in [0.25, 0.3) is 6.08 Å². The van der Waals surface area contributed by atoms with Gasteiger partial charge in [0, 0.05) is 13.6 Å². The van der Waals surface area contributed by atoms with Crippen molar-refractivity contribution < 1.29 is 0 Å². The molecule has 1 heterocycles. The molecule has 0 amide bonds. The van der Waals surface area contributed by atoms with E-state index in [1.54, 1.807) is 6.21 Å². The Hall–Kier alpha value is -1.57. The highest BCUT2D eigenvalue weighted by molar-refractivity contribution is 5.83. The lowest BCUT2D eigenvalue weighted by atomic mass is 10.2. The van der Waals surface area contributed by atoms with Crippen LogP contribution in [-0.4, -0.2) is 6.21 Å². The Morgan fingerprint density at radius 1 is 1.17 bits per heavy atom. The molecule has 0 spiro atoms. The first-order valence-electron chi connectivity index (χ1n) is 3.51. The molecule has 1 aromatic carbocycles. The number of benzene rings is 1. The lowest BCUT2D eigenvalue weighted by molar-refractivity contribution is 1.36. The van der Waals surface area contributed by atoms with Crippen molar-refractivity contribution in [2.24, 2.45) is 5.10 Å². The Morgan fingerprint density at radius 2 is 2.00 bits per heavy atom. The highest BCUT2D eigenvalue weighted by Gasteiger charge is 1.96. The average molecular weight is 156 g/mol. The second-order valence-electron chi connectivity index (χ2n) is 2.34. The molecule has 2 heteroatoms. The molecule has 0 aliphatic carbocycles. The number of allylic oxidation sites excluding steroid dienone is 1. The summed E-state index contributed by atoms with van der Waals surface area (Å²) in [5, 5.41) is 3.95. The third-order valence-electron chi connectivity index (χ3n) is 1.58. The second kappa shape index (κ2) is 3.72. The predicted octanol–water partition coefficient (Wildman–Crippen LogP) is 2.19. The van der Waals surface area contributed by atoms with Crippen LogP contribution in [0.1, 0.15) is 5.56 Å². The minimum Gasteiger partial charge on any atom is -0.278 e. The maximum atomic E-state index is 3.95. The van der Waals surface area contributed by atoms with E-state index in [-0.39, 0.29) is 7.43 Å². The van der Waals surface area contributed by atoms with Crippen molar-refractivity contribution in [2.45, 2.75) is 0 Å². The fourth-order valence-corrected chi connectivity index (χ4v) is 1.04. The Morgan fingerprint density at radius 3 is 2.92 bits per heavy atom. The number of fused-ring (bicyclic) bond motifs is 1. The van der Waals surface area contributed by atoms with E-state index >= 15 is 0 Å². The fraction of sp³-hybridized carbons (Fsp3) is 0. The lowest BCUT2D eigenvalue weighted by Crippen LogP contribution is -1.87. The zero-order valence-corrected chi connectivity index (χ0v) is 6.49. The summed E-state index contributed by atoms with van der Waals surface area (Å²) < 4.78 is 0. The molecule has 0 bridgehead atoms. The van der Waals surface area contributed by atoms with Crippen LogP contribution in [0.2, 0.25) is 0 Å². The molecular formula is C10H8N2. The zero-order valence-electron chi connectivity index (χ0n) is 6.49. The van der Waals surface area contributed by atoms with Gasteiger partial charge < -0.3 is 0 Å². The molecule has 0 fully saturated rings. The maximum Gasteiger partial charge on any atom is 0.0634 e.